The normalized spacial score (nSPS) is 16.1. The van der Waals surface area contributed by atoms with E-state index in [4.69, 9.17) is 9.47 Å². The SMILES string of the molecule is COc1ccc(N2C(=O)c3ccccc3NC2c2ccc(OC)c(CN3C(=O)c4ccccc4C3=O)c2)cc1. The highest BCUT2D eigenvalue weighted by molar-refractivity contribution is 6.21. The van der Waals surface area contributed by atoms with E-state index in [0.717, 1.165) is 11.3 Å². The number of rotatable bonds is 6. The summed E-state index contributed by atoms with van der Waals surface area (Å²) in [5.41, 5.74) is 4.15. The topological polar surface area (TPSA) is 88.2 Å². The van der Waals surface area contributed by atoms with Crippen LogP contribution in [0, 0.1) is 0 Å². The maximum atomic E-state index is 13.8. The van der Waals surface area contributed by atoms with E-state index < -0.39 is 6.17 Å². The Bertz CT molecular complexity index is 1580. The van der Waals surface area contributed by atoms with Gasteiger partial charge in [-0.3, -0.25) is 24.2 Å². The molecule has 3 amide bonds. The summed E-state index contributed by atoms with van der Waals surface area (Å²) in [6.45, 7) is 0.0309. The molecule has 0 saturated heterocycles. The third-order valence-electron chi connectivity index (χ3n) is 7.10. The first kappa shape index (κ1) is 24.2. The number of hydrogen-bond donors (Lipinski definition) is 1. The summed E-state index contributed by atoms with van der Waals surface area (Å²) in [7, 11) is 3.14. The van der Waals surface area contributed by atoms with Gasteiger partial charge in [-0.1, -0.05) is 30.3 Å². The molecule has 4 aromatic carbocycles. The first-order valence-electron chi connectivity index (χ1n) is 12.5. The lowest BCUT2D eigenvalue weighted by Gasteiger charge is -2.38. The van der Waals surface area contributed by atoms with Crippen LogP contribution < -0.4 is 19.7 Å². The van der Waals surface area contributed by atoms with Crippen molar-refractivity contribution in [3.8, 4) is 11.5 Å². The van der Waals surface area contributed by atoms with Crippen LogP contribution >= 0.6 is 0 Å². The number of methoxy groups -OCH3 is 2. The average Bonchev–Trinajstić information content (AvgIpc) is 3.22. The number of imide groups is 1. The Hall–Kier alpha value is -5.11. The fourth-order valence-corrected chi connectivity index (χ4v) is 5.14. The van der Waals surface area contributed by atoms with Gasteiger partial charge in [0.25, 0.3) is 17.7 Å². The molecule has 4 aromatic rings. The average molecular weight is 520 g/mol. The first-order valence-corrected chi connectivity index (χ1v) is 12.5. The van der Waals surface area contributed by atoms with Crippen molar-refractivity contribution < 1.29 is 23.9 Å². The summed E-state index contributed by atoms with van der Waals surface area (Å²) in [4.78, 5) is 42.8. The number of benzene rings is 4. The Labute approximate surface area is 225 Å². The van der Waals surface area contributed by atoms with Crippen LogP contribution in [-0.2, 0) is 6.54 Å². The number of para-hydroxylation sites is 1. The molecule has 0 bridgehead atoms. The second-order valence-corrected chi connectivity index (χ2v) is 9.28. The summed E-state index contributed by atoms with van der Waals surface area (Å²) < 4.78 is 10.9. The number of carbonyl (C=O) groups is 3. The van der Waals surface area contributed by atoms with Crippen LogP contribution in [0.5, 0.6) is 11.5 Å². The van der Waals surface area contributed by atoms with E-state index >= 15 is 0 Å². The van der Waals surface area contributed by atoms with Crippen molar-refractivity contribution in [3.05, 3.63) is 119 Å². The molecule has 6 rings (SSSR count). The lowest BCUT2D eigenvalue weighted by molar-refractivity contribution is 0.0641. The quantitative estimate of drug-likeness (QED) is 0.349. The maximum absolute atomic E-state index is 13.8. The van der Waals surface area contributed by atoms with Crippen LogP contribution in [-0.4, -0.2) is 36.8 Å². The molecule has 8 heteroatoms. The van der Waals surface area contributed by atoms with Gasteiger partial charge in [0.1, 0.15) is 17.7 Å². The lowest BCUT2D eigenvalue weighted by atomic mass is 10.0. The second kappa shape index (κ2) is 9.64. The summed E-state index contributed by atoms with van der Waals surface area (Å²) >= 11 is 0. The minimum absolute atomic E-state index is 0.0309. The van der Waals surface area contributed by atoms with E-state index in [1.165, 1.54) is 4.90 Å². The zero-order valence-electron chi connectivity index (χ0n) is 21.4. The molecule has 1 atom stereocenters. The van der Waals surface area contributed by atoms with E-state index in [-0.39, 0.29) is 24.3 Å². The van der Waals surface area contributed by atoms with Gasteiger partial charge in [-0.15, -0.1) is 0 Å². The molecular weight excluding hydrogens is 494 g/mol. The number of nitrogens with zero attached hydrogens (tertiary/aromatic N) is 2. The highest BCUT2D eigenvalue weighted by atomic mass is 16.5. The summed E-state index contributed by atoms with van der Waals surface area (Å²) in [6.07, 6.45) is -0.562. The molecule has 0 saturated carbocycles. The predicted molar refractivity (Wildman–Crippen MR) is 146 cm³/mol. The molecule has 0 spiro atoms. The smallest absolute Gasteiger partial charge is 0.262 e. The van der Waals surface area contributed by atoms with Crippen LogP contribution in [0.15, 0.2) is 91.0 Å². The van der Waals surface area contributed by atoms with Gasteiger partial charge < -0.3 is 14.8 Å². The minimum Gasteiger partial charge on any atom is -0.497 e. The molecular formula is C31H25N3O5. The predicted octanol–water partition coefficient (Wildman–Crippen LogP) is 5.27. The fourth-order valence-electron chi connectivity index (χ4n) is 5.14. The largest absolute Gasteiger partial charge is 0.497 e. The Balaban J connectivity index is 1.41. The van der Waals surface area contributed by atoms with Gasteiger partial charge in [0.15, 0.2) is 0 Å². The van der Waals surface area contributed by atoms with E-state index in [0.29, 0.717) is 39.4 Å². The van der Waals surface area contributed by atoms with Gasteiger partial charge >= 0.3 is 0 Å². The molecule has 0 aliphatic carbocycles. The van der Waals surface area contributed by atoms with E-state index in [9.17, 15) is 14.4 Å². The highest BCUT2D eigenvalue weighted by Crippen LogP contribution is 2.38. The molecule has 39 heavy (non-hydrogen) atoms. The second-order valence-electron chi connectivity index (χ2n) is 9.28. The summed E-state index contributed by atoms with van der Waals surface area (Å²) in [5.74, 6) is 0.373. The molecule has 2 aliphatic rings. The van der Waals surface area contributed by atoms with Crippen molar-refractivity contribution in [1.82, 2.24) is 4.90 Å². The molecule has 2 heterocycles. The van der Waals surface area contributed by atoms with Gasteiger partial charge in [0, 0.05) is 16.9 Å². The highest BCUT2D eigenvalue weighted by Gasteiger charge is 2.37. The number of hydrogen-bond acceptors (Lipinski definition) is 6. The Morgan fingerprint density at radius 1 is 0.718 bits per heavy atom. The molecule has 2 aliphatic heterocycles. The zero-order valence-corrected chi connectivity index (χ0v) is 21.4. The number of nitrogens with one attached hydrogen (secondary N) is 1. The third-order valence-corrected chi connectivity index (χ3v) is 7.10. The maximum Gasteiger partial charge on any atom is 0.262 e. The number of amides is 3. The van der Waals surface area contributed by atoms with Gasteiger partial charge in [0.05, 0.1) is 37.5 Å². The van der Waals surface area contributed by atoms with E-state index in [1.807, 2.05) is 54.6 Å². The van der Waals surface area contributed by atoms with Crippen LogP contribution in [0.4, 0.5) is 11.4 Å². The van der Waals surface area contributed by atoms with Gasteiger partial charge in [-0.05, 0) is 66.2 Å². The van der Waals surface area contributed by atoms with Crippen LogP contribution in [0.2, 0.25) is 0 Å². The van der Waals surface area contributed by atoms with Gasteiger partial charge in [0.2, 0.25) is 0 Å². The van der Waals surface area contributed by atoms with E-state index in [2.05, 4.69) is 5.32 Å². The molecule has 8 nitrogen and oxygen atoms in total. The van der Waals surface area contributed by atoms with Crippen LogP contribution in [0.1, 0.15) is 48.4 Å². The van der Waals surface area contributed by atoms with Crippen molar-refractivity contribution in [2.45, 2.75) is 12.7 Å². The minimum atomic E-state index is -0.562. The molecule has 0 radical (unpaired) electrons. The zero-order chi connectivity index (χ0) is 27.1. The first-order chi connectivity index (χ1) is 19.0. The summed E-state index contributed by atoms with van der Waals surface area (Å²) in [5, 5.41) is 3.50. The van der Waals surface area contributed by atoms with E-state index in [1.54, 1.807) is 55.5 Å². The van der Waals surface area contributed by atoms with Gasteiger partial charge in [-0.25, -0.2) is 0 Å². The number of carbonyl (C=O) groups excluding carboxylic acids is 3. The fraction of sp³-hybridized carbons (Fsp3) is 0.129. The van der Waals surface area contributed by atoms with Gasteiger partial charge in [-0.2, -0.15) is 0 Å². The molecule has 0 fully saturated rings. The molecule has 194 valence electrons. The standard InChI is InChI=1S/C31H25N3O5/c1-38-22-14-12-21(13-15-22)34-28(32-26-10-6-5-9-25(26)31(34)37)19-11-16-27(39-2)20(17-19)18-33-29(35)23-7-3-4-8-24(23)30(33)36/h3-17,28,32H,18H2,1-2H3. The Morgan fingerprint density at radius 3 is 2.00 bits per heavy atom. The lowest BCUT2D eigenvalue weighted by Crippen LogP contribution is -2.43. The summed E-state index contributed by atoms with van der Waals surface area (Å²) in [6, 6.07) is 27.0. The van der Waals surface area contributed by atoms with Crippen molar-refractivity contribution in [2.24, 2.45) is 0 Å². The van der Waals surface area contributed by atoms with Crippen molar-refractivity contribution in [1.29, 1.82) is 0 Å². The third kappa shape index (κ3) is 4.06. The Morgan fingerprint density at radius 2 is 1.36 bits per heavy atom. The molecule has 1 N–H and O–H groups in total. The number of ether oxygens (including phenoxy) is 2. The molecule has 1 unspecified atom stereocenters. The Kier molecular flexibility index (Phi) is 5.99. The number of fused-ring (bicyclic) bond motifs is 2. The van der Waals surface area contributed by atoms with Crippen LogP contribution in [0.25, 0.3) is 0 Å². The van der Waals surface area contributed by atoms with Crippen molar-refractivity contribution in [2.75, 3.05) is 24.4 Å². The monoisotopic (exact) mass is 519 g/mol. The molecule has 0 aromatic heterocycles. The van der Waals surface area contributed by atoms with Crippen molar-refractivity contribution >= 4 is 29.1 Å². The van der Waals surface area contributed by atoms with Crippen LogP contribution in [0.3, 0.4) is 0 Å². The number of anilines is 2. The van der Waals surface area contributed by atoms with Crippen molar-refractivity contribution in [3.63, 3.8) is 0 Å².